The summed E-state index contributed by atoms with van der Waals surface area (Å²) in [7, 11) is 3.01. The van der Waals surface area contributed by atoms with Gasteiger partial charge in [0.1, 0.15) is 5.58 Å². The summed E-state index contributed by atoms with van der Waals surface area (Å²) in [6, 6.07) is 8.62. The molecule has 0 aliphatic heterocycles. The molecule has 3 aromatic rings. The predicted molar refractivity (Wildman–Crippen MR) is 108 cm³/mol. The van der Waals surface area contributed by atoms with Crippen molar-refractivity contribution in [2.75, 3.05) is 14.2 Å². The number of benzene rings is 2. The first-order chi connectivity index (χ1) is 13.8. The molecule has 29 heavy (non-hydrogen) atoms. The minimum atomic E-state index is -1.24. The third-order valence-electron chi connectivity index (χ3n) is 4.58. The zero-order valence-corrected chi connectivity index (χ0v) is 16.9. The van der Waals surface area contributed by atoms with Gasteiger partial charge in [0.05, 0.1) is 19.6 Å². The Labute approximate surface area is 167 Å². The molecule has 7 nitrogen and oxygen atoms in total. The van der Waals surface area contributed by atoms with Crippen molar-refractivity contribution in [2.24, 2.45) is 0 Å². The molecule has 0 amide bonds. The lowest BCUT2D eigenvalue weighted by atomic mass is 10.0. The molecule has 7 heteroatoms. The largest absolute Gasteiger partial charge is 0.493 e. The molecule has 3 rings (SSSR count). The van der Waals surface area contributed by atoms with Crippen LogP contribution >= 0.6 is 0 Å². The van der Waals surface area contributed by atoms with Crippen molar-refractivity contribution in [1.29, 1.82) is 0 Å². The smallest absolute Gasteiger partial charge is 0.344 e. The second-order valence-corrected chi connectivity index (χ2v) is 6.71. The molecular weight excluding hydrogens is 376 g/mol. The lowest BCUT2D eigenvalue weighted by molar-refractivity contribution is -0.144. The Balaban J connectivity index is 2.34. The van der Waals surface area contributed by atoms with Crippen LogP contribution in [0.15, 0.2) is 39.5 Å². The van der Waals surface area contributed by atoms with E-state index in [4.69, 9.17) is 18.6 Å². The number of carboxylic acid groups (broad SMARTS) is 1. The maximum atomic E-state index is 13.3. The second-order valence-electron chi connectivity index (χ2n) is 6.71. The van der Waals surface area contributed by atoms with E-state index in [0.29, 0.717) is 28.0 Å². The SMILES string of the molecule is COc1ccc(-c2oc3cc(C)cc(C)c3c(=O)c2O[C@@H](C)C(=O)O)cc1OC. The predicted octanol–water partition coefficient (Wildman–Crippen LogP) is 3.95. The Hall–Kier alpha value is -3.48. The second kappa shape index (κ2) is 7.87. The van der Waals surface area contributed by atoms with E-state index in [-0.39, 0.29) is 11.5 Å². The maximum absolute atomic E-state index is 13.3. The van der Waals surface area contributed by atoms with Gasteiger partial charge in [-0.2, -0.15) is 0 Å². The van der Waals surface area contributed by atoms with E-state index in [1.54, 1.807) is 31.2 Å². The number of ether oxygens (including phenoxy) is 3. The van der Waals surface area contributed by atoms with Gasteiger partial charge in [-0.3, -0.25) is 4.79 Å². The molecule has 0 fully saturated rings. The number of methoxy groups -OCH3 is 2. The highest BCUT2D eigenvalue weighted by Gasteiger charge is 2.24. The highest BCUT2D eigenvalue weighted by molar-refractivity contribution is 5.86. The van der Waals surface area contributed by atoms with Crippen molar-refractivity contribution in [3.63, 3.8) is 0 Å². The minimum Gasteiger partial charge on any atom is -0.493 e. The van der Waals surface area contributed by atoms with E-state index in [1.807, 2.05) is 13.0 Å². The maximum Gasteiger partial charge on any atom is 0.344 e. The number of aryl methyl sites for hydroxylation is 2. The Morgan fingerprint density at radius 2 is 1.76 bits per heavy atom. The summed E-state index contributed by atoms with van der Waals surface area (Å²) in [4.78, 5) is 24.6. The topological polar surface area (TPSA) is 95.2 Å². The van der Waals surface area contributed by atoms with Gasteiger partial charge in [0.2, 0.25) is 11.2 Å². The molecule has 1 atom stereocenters. The van der Waals surface area contributed by atoms with Gasteiger partial charge in [0.15, 0.2) is 23.4 Å². The summed E-state index contributed by atoms with van der Waals surface area (Å²) >= 11 is 0. The first-order valence-corrected chi connectivity index (χ1v) is 8.96. The van der Waals surface area contributed by atoms with Gasteiger partial charge in [-0.1, -0.05) is 6.07 Å². The Bertz CT molecular complexity index is 1140. The number of fused-ring (bicyclic) bond motifs is 1. The fourth-order valence-electron chi connectivity index (χ4n) is 3.17. The van der Waals surface area contributed by atoms with Gasteiger partial charge >= 0.3 is 5.97 Å². The first-order valence-electron chi connectivity index (χ1n) is 8.96. The van der Waals surface area contributed by atoms with Crippen LogP contribution in [-0.4, -0.2) is 31.4 Å². The number of rotatable bonds is 6. The van der Waals surface area contributed by atoms with Crippen LogP contribution in [0, 0.1) is 13.8 Å². The molecule has 0 saturated heterocycles. The van der Waals surface area contributed by atoms with Gasteiger partial charge in [0.25, 0.3) is 0 Å². The fourth-order valence-corrected chi connectivity index (χ4v) is 3.17. The molecular formula is C22H22O7. The normalized spacial score (nSPS) is 11.9. The van der Waals surface area contributed by atoms with E-state index in [1.165, 1.54) is 21.1 Å². The molecule has 0 spiro atoms. The van der Waals surface area contributed by atoms with Crippen LogP contribution in [0.1, 0.15) is 18.1 Å². The van der Waals surface area contributed by atoms with Crippen molar-refractivity contribution in [1.82, 2.24) is 0 Å². The van der Waals surface area contributed by atoms with Crippen molar-refractivity contribution in [2.45, 2.75) is 26.9 Å². The molecule has 2 aromatic carbocycles. The van der Waals surface area contributed by atoms with Crippen molar-refractivity contribution in [3.05, 3.63) is 51.7 Å². The van der Waals surface area contributed by atoms with Crippen LogP contribution < -0.4 is 19.6 Å². The quantitative estimate of drug-likeness (QED) is 0.672. The standard InChI is InChI=1S/C22H22O7/c1-11-8-12(2)18-17(9-11)29-20(21(19(18)23)28-13(3)22(24)25)14-6-7-15(26-4)16(10-14)27-5/h6-10,13H,1-5H3,(H,24,25)/t13-/m0/s1. The number of hydrogen-bond acceptors (Lipinski definition) is 6. The third kappa shape index (κ3) is 3.76. The summed E-state index contributed by atoms with van der Waals surface area (Å²) in [6.45, 7) is 5.05. The van der Waals surface area contributed by atoms with Crippen LogP contribution in [0.25, 0.3) is 22.3 Å². The van der Waals surface area contributed by atoms with Crippen LogP contribution in [0.5, 0.6) is 17.2 Å². The molecule has 0 bridgehead atoms. The van der Waals surface area contributed by atoms with Crippen LogP contribution in [0.2, 0.25) is 0 Å². The summed E-state index contributed by atoms with van der Waals surface area (Å²) in [5.41, 5.74) is 2.12. The summed E-state index contributed by atoms with van der Waals surface area (Å²) in [5, 5.41) is 9.61. The zero-order valence-electron chi connectivity index (χ0n) is 16.9. The van der Waals surface area contributed by atoms with Crippen LogP contribution in [0.3, 0.4) is 0 Å². The highest BCUT2D eigenvalue weighted by Crippen LogP contribution is 2.37. The number of aliphatic carboxylic acids is 1. The number of hydrogen-bond donors (Lipinski definition) is 1. The molecule has 1 heterocycles. The molecule has 1 aromatic heterocycles. The van der Waals surface area contributed by atoms with Gasteiger partial charge in [-0.15, -0.1) is 0 Å². The van der Waals surface area contributed by atoms with Gasteiger partial charge in [-0.05, 0) is 56.2 Å². The molecule has 0 aliphatic rings. The molecule has 0 aliphatic carbocycles. The first kappa shape index (κ1) is 20.3. The Morgan fingerprint density at radius 1 is 1.07 bits per heavy atom. The molecule has 0 saturated carbocycles. The highest BCUT2D eigenvalue weighted by atomic mass is 16.5. The van der Waals surface area contributed by atoms with Gasteiger partial charge in [-0.25, -0.2) is 4.79 Å². The van der Waals surface area contributed by atoms with Crippen molar-refractivity contribution < 1.29 is 28.5 Å². The van der Waals surface area contributed by atoms with Crippen LogP contribution in [-0.2, 0) is 4.79 Å². The van der Waals surface area contributed by atoms with E-state index >= 15 is 0 Å². The van der Waals surface area contributed by atoms with Crippen molar-refractivity contribution >= 4 is 16.9 Å². The minimum absolute atomic E-state index is 0.126. The zero-order chi connectivity index (χ0) is 21.3. The van der Waals surface area contributed by atoms with Crippen LogP contribution in [0.4, 0.5) is 0 Å². The molecule has 0 unspecified atom stereocenters. The Morgan fingerprint density at radius 3 is 2.38 bits per heavy atom. The van der Waals surface area contributed by atoms with E-state index in [2.05, 4.69) is 0 Å². The van der Waals surface area contributed by atoms with Crippen molar-refractivity contribution in [3.8, 4) is 28.6 Å². The lowest BCUT2D eigenvalue weighted by Crippen LogP contribution is -2.26. The average molecular weight is 398 g/mol. The number of carboxylic acids is 1. The molecule has 0 radical (unpaired) electrons. The van der Waals surface area contributed by atoms with Gasteiger partial charge < -0.3 is 23.7 Å². The van der Waals surface area contributed by atoms with E-state index in [9.17, 15) is 14.7 Å². The molecule has 152 valence electrons. The monoisotopic (exact) mass is 398 g/mol. The summed E-state index contributed by atoms with van der Waals surface area (Å²) in [5.74, 6) is -0.283. The van der Waals surface area contributed by atoms with Gasteiger partial charge in [0, 0.05) is 5.56 Å². The average Bonchev–Trinajstić information content (AvgIpc) is 2.68. The number of carbonyl (C=O) groups is 1. The summed E-state index contributed by atoms with van der Waals surface area (Å²) < 4.78 is 22.2. The van der Waals surface area contributed by atoms with E-state index < -0.39 is 17.5 Å². The molecule has 1 N–H and O–H groups in total. The Kier molecular flexibility index (Phi) is 5.50. The fraction of sp³-hybridized carbons (Fsp3) is 0.273. The lowest BCUT2D eigenvalue weighted by Gasteiger charge is -2.16. The third-order valence-corrected chi connectivity index (χ3v) is 4.58. The van der Waals surface area contributed by atoms with E-state index in [0.717, 1.165) is 11.1 Å². The summed E-state index contributed by atoms with van der Waals surface area (Å²) in [6.07, 6.45) is -1.24.